The average Bonchev–Trinajstić information content (AvgIpc) is 3.34. The number of nitrogens with zero attached hydrogens (tertiary/aromatic N) is 3. The molecule has 27 heavy (non-hydrogen) atoms. The van der Waals surface area contributed by atoms with E-state index in [0.29, 0.717) is 36.9 Å². The van der Waals surface area contributed by atoms with Crippen LogP contribution in [0.2, 0.25) is 0 Å². The molecule has 0 saturated carbocycles. The fourth-order valence-electron chi connectivity index (χ4n) is 2.71. The number of aromatic nitrogens is 2. The molecule has 0 radical (unpaired) electrons. The first kappa shape index (κ1) is 18.8. The normalized spacial score (nSPS) is 11.3. The predicted molar refractivity (Wildman–Crippen MR) is 99.9 cm³/mol. The largest absolute Gasteiger partial charge is 0.468 e. The van der Waals surface area contributed by atoms with Crippen molar-refractivity contribution in [1.82, 2.24) is 20.4 Å². The van der Waals surface area contributed by atoms with E-state index in [9.17, 15) is 4.79 Å². The number of carbonyl (C=O) groups excluding carboxylic acids is 1. The second-order valence-corrected chi connectivity index (χ2v) is 6.70. The number of benzene rings is 1. The van der Waals surface area contributed by atoms with E-state index in [0.717, 1.165) is 11.3 Å². The fraction of sp³-hybridized carbons (Fsp3) is 0.350. The third-order valence-corrected chi connectivity index (χ3v) is 4.17. The first-order valence-electron chi connectivity index (χ1n) is 8.93. The van der Waals surface area contributed by atoms with Crippen molar-refractivity contribution in [1.29, 1.82) is 0 Å². The lowest BCUT2D eigenvalue weighted by atomic mass is 10.1. The Bertz CT molecular complexity index is 854. The maximum Gasteiger partial charge on any atom is 0.251 e. The SMILES string of the molecule is CNC(=O)c1ccc(CN(Cc2ccco2)Cc2nc(C(C)C)no2)cc1. The fourth-order valence-corrected chi connectivity index (χ4v) is 2.71. The minimum absolute atomic E-state index is 0.0962. The van der Waals surface area contributed by atoms with Crippen LogP contribution in [0.15, 0.2) is 51.6 Å². The molecule has 142 valence electrons. The summed E-state index contributed by atoms with van der Waals surface area (Å²) in [4.78, 5) is 18.3. The van der Waals surface area contributed by atoms with Crippen molar-refractivity contribution < 1.29 is 13.7 Å². The summed E-state index contributed by atoms with van der Waals surface area (Å²) in [7, 11) is 1.62. The summed E-state index contributed by atoms with van der Waals surface area (Å²) in [5.41, 5.74) is 1.72. The summed E-state index contributed by atoms with van der Waals surface area (Å²) >= 11 is 0. The molecule has 1 N–H and O–H groups in total. The number of nitrogens with one attached hydrogen (secondary N) is 1. The summed E-state index contributed by atoms with van der Waals surface area (Å²) in [6.07, 6.45) is 1.66. The maximum absolute atomic E-state index is 11.7. The molecule has 0 aliphatic rings. The number of amides is 1. The lowest BCUT2D eigenvalue weighted by Gasteiger charge is -2.19. The Hall–Kier alpha value is -2.93. The first-order valence-corrected chi connectivity index (χ1v) is 8.93. The zero-order valence-corrected chi connectivity index (χ0v) is 15.8. The highest BCUT2D eigenvalue weighted by atomic mass is 16.5. The molecule has 0 aliphatic heterocycles. The number of carbonyl (C=O) groups is 1. The Morgan fingerprint density at radius 2 is 1.93 bits per heavy atom. The summed E-state index contributed by atoms with van der Waals surface area (Å²) in [5.74, 6) is 2.27. The van der Waals surface area contributed by atoms with E-state index >= 15 is 0 Å². The highest BCUT2D eigenvalue weighted by Crippen LogP contribution is 2.16. The van der Waals surface area contributed by atoms with Crippen LogP contribution in [0.1, 0.15) is 53.2 Å². The molecule has 1 aromatic carbocycles. The first-order chi connectivity index (χ1) is 13.0. The number of furan rings is 1. The molecule has 0 bridgehead atoms. The molecule has 3 rings (SSSR count). The van der Waals surface area contributed by atoms with Gasteiger partial charge in [-0.2, -0.15) is 4.98 Å². The Kier molecular flexibility index (Phi) is 6.03. The lowest BCUT2D eigenvalue weighted by Crippen LogP contribution is -2.22. The van der Waals surface area contributed by atoms with E-state index in [4.69, 9.17) is 8.94 Å². The average molecular weight is 368 g/mol. The summed E-state index contributed by atoms with van der Waals surface area (Å²) in [6, 6.07) is 11.4. The second kappa shape index (κ2) is 8.64. The maximum atomic E-state index is 11.7. The van der Waals surface area contributed by atoms with E-state index in [2.05, 4.69) is 20.4 Å². The third kappa shape index (κ3) is 5.04. The van der Waals surface area contributed by atoms with Gasteiger partial charge in [-0.25, -0.2) is 0 Å². The molecule has 2 heterocycles. The second-order valence-electron chi connectivity index (χ2n) is 6.70. The van der Waals surface area contributed by atoms with Gasteiger partial charge in [-0.1, -0.05) is 31.1 Å². The molecule has 7 heteroatoms. The van der Waals surface area contributed by atoms with Gasteiger partial charge in [0.2, 0.25) is 5.89 Å². The van der Waals surface area contributed by atoms with Crippen LogP contribution in [0.4, 0.5) is 0 Å². The number of hydrogen-bond acceptors (Lipinski definition) is 6. The van der Waals surface area contributed by atoms with E-state index < -0.39 is 0 Å². The molecule has 0 saturated heterocycles. The van der Waals surface area contributed by atoms with Crippen LogP contribution in [0.5, 0.6) is 0 Å². The van der Waals surface area contributed by atoms with Crippen molar-refractivity contribution in [2.24, 2.45) is 0 Å². The Balaban J connectivity index is 1.73. The van der Waals surface area contributed by atoms with Crippen molar-refractivity contribution in [2.45, 2.75) is 39.4 Å². The Morgan fingerprint density at radius 3 is 2.52 bits per heavy atom. The molecular weight excluding hydrogens is 344 g/mol. The van der Waals surface area contributed by atoms with Gasteiger partial charge in [-0.3, -0.25) is 9.69 Å². The van der Waals surface area contributed by atoms with Gasteiger partial charge in [0.1, 0.15) is 5.76 Å². The smallest absolute Gasteiger partial charge is 0.251 e. The highest BCUT2D eigenvalue weighted by molar-refractivity contribution is 5.93. The summed E-state index contributed by atoms with van der Waals surface area (Å²) < 4.78 is 10.9. The van der Waals surface area contributed by atoms with E-state index in [1.807, 2.05) is 50.2 Å². The molecule has 0 spiro atoms. The van der Waals surface area contributed by atoms with Crippen LogP contribution < -0.4 is 5.32 Å². The Labute approximate surface area is 158 Å². The van der Waals surface area contributed by atoms with E-state index in [1.54, 1.807) is 13.3 Å². The number of hydrogen-bond donors (Lipinski definition) is 1. The van der Waals surface area contributed by atoms with Crippen molar-refractivity contribution >= 4 is 5.91 Å². The minimum atomic E-state index is -0.0962. The zero-order valence-electron chi connectivity index (χ0n) is 15.8. The molecule has 2 aromatic heterocycles. The lowest BCUT2D eigenvalue weighted by molar-refractivity contribution is 0.0963. The molecule has 0 fully saturated rings. The molecule has 1 amide bonds. The topological polar surface area (TPSA) is 84.4 Å². The predicted octanol–water partition coefficient (Wildman–Crippen LogP) is 3.35. The van der Waals surface area contributed by atoms with Crippen LogP contribution in [0, 0.1) is 0 Å². The van der Waals surface area contributed by atoms with Crippen LogP contribution in [0.25, 0.3) is 0 Å². The zero-order chi connectivity index (χ0) is 19.2. The van der Waals surface area contributed by atoms with Gasteiger partial charge in [0.25, 0.3) is 5.91 Å². The standard InChI is InChI=1S/C20H24N4O3/c1-14(2)19-22-18(27-23-19)13-24(12-17-5-4-10-26-17)11-15-6-8-16(9-7-15)20(25)21-3/h4-10,14H,11-13H2,1-3H3,(H,21,25). The van der Waals surface area contributed by atoms with Crippen molar-refractivity contribution in [2.75, 3.05) is 7.05 Å². The summed E-state index contributed by atoms with van der Waals surface area (Å²) in [6.45, 7) is 5.85. The van der Waals surface area contributed by atoms with Gasteiger partial charge < -0.3 is 14.3 Å². The Morgan fingerprint density at radius 1 is 1.15 bits per heavy atom. The molecular formula is C20H24N4O3. The van der Waals surface area contributed by atoms with Gasteiger partial charge >= 0.3 is 0 Å². The van der Waals surface area contributed by atoms with Crippen LogP contribution >= 0.6 is 0 Å². The van der Waals surface area contributed by atoms with Crippen LogP contribution in [-0.4, -0.2) is 28.0 Å². The third-order valence-electron chi connectivity index (χ3n) is 4.17. The molecule has 3 aromatic rings. The van der Waals surface area contributed by atoms with Crippen molar-refractivity contribution in [3.05, 3.63) is 71.3 Å². The van der Waals surface area contributed by atoms with Gasteiger partial charge in [-0.05, 0) is 29.8 Å². The van der Waals surface area contributed by atoms with E-state index in [1.165, 1.54) is 0 Å². The van der Waals surface area contributed by atoms with Crippen molar-refractivity contribution in [3.63, 3.8) is 0 Å². The van der Waals surface area contributed by atoms with Crippen LogP contribution in [0.3, 0.4) is 0 Å². The summed E-state index contributed by atoms with van der Waals surface area (Å²) in [5, 5.41) is 6.66. The highest BCUT2D eigenvalue weighted by Gasteiger charge is 2.16. The van der Waals surface area contributed by atoms with Crippen LogP contribution in [-0.2, 0) is 19.6 Å². The van der Waals surface area contributed by atoms with E-state index in [-0.39, 0.29) is 11.8 Å². The quantitative estimate of drug-likeness (QED) is 0.656. The van der Waals surface area contributed by atoms with Gasteiger partial charge in [0.15, 0.2) is 5.82 Å². The molecule has 0 aliphatic carbocycles. The van der Waals surface area contributed by atoms with Gasteiger partial charge in [-0.15, -0.1) is 0 Å². The molecule has 7 nitrogen and oxygen atoms in total. The van der Waals surface area contributed by atoms with Gasteiger partial charge in [0, 0.05) is 25.1 Å². The minimum Gasteiger partial charge on any atom is -0.468 e. The van der Waals surface area contributed by atoms with Gasteiger partial charge in [0.05, 0.1) is 19.4 Å². The molecule has 0 atom stereocenters. The molecule has 0 unspecified atom stereocenters. The number of rotatable bonds is 8. The van der Waals surface area contributed by atoms with Crippen molar-refractivity contribution in [3.8, 4) is 0 Å². The monoisotopic (exact) mass is 368 g/mol.